The van der Waals surface area contributed by atoms with Crippen molar-refractivity contribution in [2.75, 3.05) is 13.6 Å². The number of hydrogen-bond acceptors (Lipinski definition) is 4. The number of nitrogens with zero attached hydrogens (tertiary/aromatic N) is 2. The van der Waals surface area contributed by atoms with Crippen molar-refractivity contribution in [1.82, 2.24) is 9.88 Å². The lowest BCUT2D eigenvalue weighted by atomic mass is 10.1. The zero-order valence-electron chi connectivity index (χ0n) is 11.8. The van der Waals surface area contributed by atoms with Gasteiger partial charge in [0, 0.05) is 35.3 Å². The summed E-state index contributed by atoms with van der Waals surface area (Å²) < 4.78 is 11.8. The number of ether oxygens (including phenoxy) is 1. The highest BCUT2D eigenvalue weighted by Crippen LogP contribution is 2.33. The summed E-state index contributed by atoms with van der Waals surface area (Å²) in [6.07, 6.45) is 5.40. The second-order valence-electron chi connectivity index (χ2n) is 5.46. The van der Waals surface area contributed by atoms with Crippen molar-refractivity contribution < 1.29 is 9.15 Å². The molecule has 0 saturated carbocycles. The Morgan fingerprint density at radius 2 is 2.24 bits per heavy atom. The third kappa shape index (κ3) is 2.17. The van der Waals surface area contributed by atoms with E-state index in [2.05, 4.69) is 16.9 Å². The SMILES string of the molecule is CN1Cc2occc2C(Oc2cccc3cnccc23)C1. The van der Waals surface area contributed by atoms with E-state index in [0.717, 1.165) is 40.9 Å². The van der Waals surface area contributed by atoms with E-state index in [0.29, 0.717) is 0 Å². The Morgan fingerprint density at radius 3 is 3.19 bits per heavy atom. The molecule has 0 N–H and O–H groups in total. The molecule has 0 aliphatic carbocycles. The Kier molecular flexibility index (Phi) is 2.89. The molecule has 106 valence electrons. The molecule has 4 nitrogen and oxygen atoms in total. The average molecular weight is 280 g/mol. The molecule has 1 aromatic carbocycles. The first-order valence-electron chi connectivity index (χ1n) is 7.05. The van der Waals surface area contributed by atoms with Gasteiger partial charge in [-0.2, -0.15) is 0 Å². The third-order valence-electron chi connectivity index (χ3n) is 3.93. The molecule has 1 atom stereocenters. The average Bonchev–Trinajstić information content (AvgIpc) is 2.96. The summed E-state index contributed by atoms with van der Waals surface area (Å²) in [5.74, 6) is 1.89. The maximum Gasteiger partial charge on any atom is 0.140 e. The topological polar surface area (TPSA) is 38.5 Å². The number of benzene rings is 1. The molecule has 1 aliphatic heterocycles. The lowest BCUT2D eigenvalue weighted by molar-refractivity contribution is 0.121. The maximum atomic E-state index is 6.29. The molecule has 0 amide bonds. The zero-order valence-corrected chi connectivity index (χ0v) is 11.8. The van der Waals surface area contributed by atoms with Crippen LogP contribution in [0.4, 0.5) is 0 Å². The van der Waals surface area contributed by atoms with Crippen LogP contribution in [0.5, 0.6) is 5.75 Å². The molecule has 0 saturated heterocycles. The molecule has 4 rings (SSSR count). The molecule has 3 aromatic rings. The van der Waals surface area contributed by atoms with Gasteiger partial charge in [0.2, 0.25) is 0 Å². The molecule has 4 heteroatoms. The predicted octanol–water partition coefficient (Wildman–Crippen LogP) is 3.39. The number of rotatable bonds is 2. The monoisotopic (exact) mass is 280 g/mol. The van der Waals surface area contributed by atoms with Crippen molar-refractivity contribution in [3.63, 3.8) is 0 Å². The molecular formula is C17H16N2O2. The summed E-state index contributed by atoms with van der Waals surface area (Å²) in [5.41, 5.74) is 1.15. The van der Waals surface area contributed by atoms with E-state index in [1.54, 1.807) is 12.5 Å². The standard InChI is InChI=1S/C17H16N2O2/c1-19-10-16-14(6-8-20-16)17(11-19)21-15-4-2-3-12-9-18-7-5-13(12)15/h2-9,17H,10-11H2,1H3. The zero-order chi connectivity index (χ0) is 14.2. The van der Waals surface area contributed by atoms with Crippen LogP contribution in [0, 0.1) is 0 Å². The van der Waals surface area contributed by atoms with E-state index in [9.17, 15) is 0 Å². The molecule has 3 heterocycles. The summed E-state index contributed by atoms with van der Waals surface area (Å²) in [6.45, 7) is 1.69. The van der Waals surface area contributed by atoms with Crippen molar-refractivity contribution in [3.8, 4) is 5.75 Å². The van der Waals surface area contributed by atoms with Gasteiger partial charge in [-0.25, -0.2) is 0 Å². The summed E-state index contributed by atoms with van der Waals surface area (Å²) in [5, 5.41) is 2.18. The van der Waals surface area contributed by atoms with Gasteiger partial charge in [-0.15, -0.1) is 0 Å². The van der Waals surface area contributed by atoms with Crippen LogP contribution in [0.1, 0.15) is 17.4 Å². The smallest absolute Gasteiger partial charge is 0.140 e. The van der Waals surface area contributed by atoms with Crippen LogP contribution < -0.4 is 4.74 Å². The number of fused-ring (bicyclic) bond motifs is 2. The predicted molar refractivity (Wildman–Crippen MR) is 80.2 cm³/mol. The number of aromatic nitrogens is 1. The normalized spacial score (nSPS) is 18.6. The van der Waals surface area contributed by atoms with E-state index < -0.39 is 0 Å². The summed E-state index contributed by atoms with van der Waals surface area (Å²) in [7, 11) is 2.08. The largest absolute Gasteiger partial charge is 0.484 e. The van der Waals surface area contributed by atoms with Crippen LogP contribution in [-0.4, -0.2) is 23.5 Å². The van der Waals surface area contributed by atoms with Gasteiger partial charge < -0.3 is 9.15 Å². The second-order valence-corrected chi connectivity index (χ2v) is 5.46. The molecule has 1 aliphatic rings. The van der Waals surface area contributed by atoms with Gasteiger partial charge in [-0.1, -0.05) is 12.1 Å². The third-order valence-corrected chi connectivity index (χ3v) is 3.93. The van der Waals surface area contributed by atoms with Crippen LogP contribution in [0.25, 0.3) is 10.8 Å². The van der Waals surface area contributed by atoms with E-state index in [-0.39, 0.29) is 6.10 Å². The lowest BCUT2D eigenvalue weighted by Crippen LogP contribution is -2.32. The number of likely N-dealkylation sites (N-methyl/N-ethyl adjacent to an activating group) is 1. The highest BCUT2D eigenvalue weighted by molar-refractivity contribution is 5.87. The van der Waals surface area contributed by atoms with Gasteiger partial charge in [0.1, 0.15) is 17.6 Å². The van der Waals surface area contributed by atoms with Crippen molar-refractivity contribution in [2.45, 2.75) is 12.6 Å². The van der Waals surface area contributed by atoms with Crippen molar-refractivity contribution in [2.24, 2.45) is 0 Å². The minimum absolute atomic E-state index is 0.00346. The van der Waals surface area contributed by atoms with Gasteiger partial charge in [-0.3, -0.25) is 9.88 Å². The van der Waals surface area contributed by atoms with Crippen LogP contribution in [0.3, 0.4) is 0 Å². The fourth-order valence-corrected chi connectivity index (χ4v) is 2.91. The molecule has 0 radical (unpaired) electrons. The minimum Gasteiger partial charge on any atom is -0.484 e. The van der Waals surface area contributed by atoms with Crippen LogP contribution >= 0.6 is 0 Å². The molecule has 0 bridgehead atoms. The minimum atomic E-state index is -0.00346. The Hall–Kier alpha value is -2.33. The first-order valence-corrected chi connectivity index (χ1v) is 7.05. The fourth-order valence-electron chi connectivity index (χ4n) is 2.91. The Labute approximate surface area is 123 Å². The van der Waals surface area contributed by atoms with Gasteiger partial charge in [0.05, 0.1) is 12.8 Å². The number of pyridine rings is 1. The summed E-state index contributed by atoms with van der Waals surface area (Å²) in [4.78, 5) is 6.37. The van der Waals surface area contributed by atoms with Crippen LogP contribution in [0.15, 0.2) is 53.4 Å². The van der Waals surface area contributed by atoms with Gasteiger partial charge >= 0.3 is 0 Å². The molecule has 2 aromatic heterocycles. The molecular weight excluding hydrogens is 264 g/mol. The summed E-state index contributed by atoms with van der Waals surface area (Å²) in [6, 6.07) is 10.1. The van der Waals surface area contributed by atoms with E-state index in [4.69, 9.17) is 9.15 Å². The highest BCUT2D eigenvalue weighted by Gasteiger charge is 2.27. The summed E-state index contributed by atoms with van der Waals surface area (Å²) >= 11 is 0. The highest BCUT2D eigenvalue weighted by atomic mass is 16.5. The van der Waals surface area contributed by atoms with Crippen LogP contribution in [0.2, 0.25) is 0 Å². The maximum absolute atomic E-state index is 6.29. The van der Waals surface area contributed by atoms with Gasteiger partial charge in [-0.05, 0) is 25.2 Å². The Bertz CT molecular complexity index is 776. The molecule has 0 spiro atoms. The van der Waals surface area contributed by atoms with Crippen molar-refractivity contribution >= 4 is 10.8 Å². The first-order chi connectivity index (χ1) is 10.3. The van der Waals surface area contributed by atoms with E-state index in [1.165, 1.54) is 0 Å². The molecule has 21 heavy (non-hydrogen) atoms. The van der Waals surface area contributed by atoms with Gasteiger partial charge in [0.25, 0.3) is 0 Å². The quantitative estimate of drug-likeness (QED) is 0.721. The molecule has 1 unspecified atom stereocenters. The number of hydrogen-bond donors (Lipinski definition) is 0. The fraction of sp³-hybridized carbons (Fsp3) is 0.235. The van der Waals surface area contributed by atoms with Gasteiger partial charge in [0.15, 0.2) is 0 Å². The van der Waals surface area contributed by atoms with E-state index >= 15 is 0 Å². The van der Waals surface area contributed by atoms with Crippen LogP contribution in [-0.2, 0) is 6.54 Å². The molecule has 0 fully saturated rings. The number of furan rings is 1. The van der Waals surface area contributed by atoms with Crippen molar-refractivity contribution in [3.05, 3.63) is 60.3 Å². The lowest BCUT2D eigenvalue weighted by Gasteiger charge is -2.29. The Morgan fingerprint density at radius 1 is 1.29 bits per heavy atom. The Balaban J connectivity index is 1.73. The second kappa shape index (κ2) is 4.90. The van der Waals surface area contributed by atoms with Crippen molar-refractivity contribution in [1.29, 1.82) is 0 Å². The van der Waals surface area contributed by atoms with E-state index in [1.807, 2.05) is 36.5 Å². The first kappa shape index (κ1) is 12.4.